The average molecular weight is 323 g/mol. The number of nitrogens with one attached hydrogen (secondary N) is 2. The van der Waals surface area contributed by atoms with E-state index >= 15 is 0 Å². The lowest BCUT2D eigenvalue weighted by molar-refractivity contribution is 0.333. The standard InChI is InChI=1S/C16H17N7O/c17-16-22-14(19-8-9-24-12-4-2-1-3-5-12)10-15(23-16)21-13-6-7-18-11-20-13/h1-7,10-11H,8-9H2,(H4,17,18,19,20,21,22,23). The quantitative estimate of drug-likeness (QED) is 0.567. The Morgan fingerprint density at radius 2 is 1.83 bits per heavy atom. The van der Waals surface area contributed by atoms with Crippen LogP contribution in [-0.2, 0) is 0 Å². The number of anilines is 4. The molecule has 8 heteroatoms. The molecule has 0 saturated carbocycles. The summed E-state index contributed by atoms with van der Waals surface area (Å²) < 4.78 is 5.61. The van der Waals surface area contributed by atoms with Gasteiger partial charge in [0.25, 0.3) is 0 Å². The first-order valence-electron chi connectivity index (χ1n) is 7.39. The van der Waals surface area contributed by atoms with Gasteiger partial charge in [0.2, 0.25) is 5.95 Å². The molecule has 3 aromatic rings. The Kier molecular flexibility index (Phi) is 4.98. The molecule has 1 aromatic carbocycles. The van der Waals surface area contributed by atoms with E-state index in [-0.39, 0.29) is 5.95 Å². The molecule has 0 saturated heterocycles. The van der Waals surface area contributed by atoms with Crippen LogP contribution < -0.4 is 21.1 Å². The molecule has 0 bridgehead atoms. The van der Waals surface area contributed by atoms with Gasteiger partial charge in [0, 0.05) is 12.3 Å². The zero-order valence-corrected chi connectivity index (χ0v) is 12.9. The van der Waals surface area contributed by atoms with E-state index in [1.165, 1.54) is 6.33 Å². The summed E-state index contributed by atoms with van der Waals surface area (Å²) >= 11 is 0. The molecular weight excluding hydrogens is 306 g/mol. The molecule has 0 aliphatic carbocycles. The highest BCUT2D eigenvalue weighted by Gasteiger charge is 2.03. The van der Waals surface area contributed by atoms with E-state index in [9.17, 15) is 0 Å². The van der Waals surface area contributed by atoms with Crippen molar-refractivity contribution in [2.45, 2.75) is 0 Å². The summed E-state index contributed by atoms with van der Waals surface area (Å²) in [5.41, 5.74) is 5.74. The van der Waals surface area contributed by atoms with Gasteiger partial charge in [0.15, 0.2) is 0 Å². The van der Waals surface area contributed by atoms with Gasteiger partial charge < -0.3 is 21.1 Å². The summed E-state index contributed by atoms with van der Waals surface area (Å²) in [5.74, 6) is 2.78. The Morgan fingerprint density at radius 3 is 2.62 bits per heavy atom. The Hall–Kier alpha value is -3.42. The van der Waals surface area contributed by atoms with Crippen molar-refractivity contribution in [3.8, 4) is 5.75 Å². The van der Waals surface area contributed by atoms with Gasteiger partial charge in [-0.15, -0.1) is 0 Å². The van der Waals surface area contributed by atoms with E-state index in [0.717, 1.165) is 5.75 Å². The number of hydrogen-bond donors (Lipinski definition) is 3. The molecule has 2 heterocycles. The average Bonchev–Trinajstić information content (AvgIpc) is 2.60. The number of nitrogens with two attached hydrogens (primary N) is 1. The molecule has 0 spiro atoms. The number of rotatable bonds is 7. The number of aromatic nitrogens is 4. The van der Waals surface area contributed by atoms with Crippen LogP contribution in [0.25, 0.3) is 0 Å². The van der Waals surface area contributed by atoms with Crippen molar-refractivity contribution >= 4 is 23.4 Å². The molecule has 0 amide bonds. The van der Waals surface area contributed by atoms with Gasteiger partial charge in [-0.2, -0.15) is 9.97 Å². The minimum absolute atomic E-state index is 0.167. The topological polar surface area (TPSA) is 111 Å². The highest BCUT2D eigenvalue weighted by molar-refractivity contribution is 5.57. The lowest BCUT2D eigenvalue weighted by Crippen LogP contribution is -2.13. The van der Waals surface area contributed by atoms with Crippen molar-refractivity contribution in [2.24, 2.45) is 0 Å². The van der Waals surface area contributed by atoms with Crippen LogP contribution in [0, 0.1) is 0 Å². The molecule has 3 rings (SSSR count). The van der Waals surface area contributed by atoms with Crippen molar-refractivity contribution < 1.29 is 4.74 Å². The molecule has 0 aliphatic rings. The smallest absolute Gasteiger partial charge is 0.223 e. The normalized spacial score (nSPS) is 10.2. The Morgan fingerprint density at radius 1 is 1.00 bits per heavy atom. The fourth-order valence-corrected chi connectivity index (χ4v) is 1.98. The van der Waals surface area contributed by atoms with Gasteiger partial charge >= 0.3 is 0 Å². The number of para-hydroxylation sites is 1. The fourth-order valence-electron chi connectivity index (χ4n) is 1.98. The monoisotopic (exact) mass is 323 g/mol. The minimum atomic E-state index is 0.167. The first-order chi connectivity index (χ1) is 11.8. The molecule has 0 unspecified atom stereocenters. The predicted octanol–water partition coefficient (Wildman–Crippen LogP) is 2.08. The lowest BCUT2D eigenvalue weighted by atomic mass is 10.3. The van der Waals surface area contributed by atoms with Crippen molar-refractivity contribution in [3.05, 3.63) is 55.0 Å². The number of ether oxygens (including phenoxy) is 1. The summed E-state index contributed by atoms with van der Waals surface area (Å²) in [4.78, 5) is 16.2. The second kappa shape index (κ2) is 7.73. The number of nitrogen functional groups attached to an aromatic ring is 1. The van der Waals surface area contributed by atoms with E-state index in [1.807, 2.05) is 30.3 Å². The maximum Gasteiger partial charge on any atom is 0.223 e. The van der Waals surface area contributed by atoms with Crippen molar-refractivity contribution in [2.75, 3.05) is 29.5 Å². The van der Waals surface area contributed by atoms with Gasteiger partial charge in [-0.05, 0) is 18.2 Å². The van der Waals surface area contributed by atoms with Gasteiger partial charge in [0.1, 0.15) is 36.1 Å². The van der Waals surface area contributed by atoms with Crippen molar-refractivity contribution in [1.82, 2.24) is 19.9 Å². The van der Waals surface area contributed by atoms with E-state index in [4.69, 9.17) is 10.5 Å². The maximum absolute atomic E-state index is 5.74. The molecule has 24 heavy (non-hydrogen) atoms. The summed E-state index contributed by atoms with van der Waals surface area (Å²) in [5, 5.41) is 6.20. The molecule has 0 fully saturated rings. The van der Waals surface area contributed by atoms with Crippen molar-refractivity contribution in [3.63, 3.8) is 0 Å². The minimum Gasteiger partial charge on any atom is -0.492 e. The second-order valence-electron chi connectivity index (χ2n) is 4.80. The van der Waals surface area contributed by atoms with Gasteiger partial charge in [0.05, 0.1) is 6.54 Å². The van der Waals surface area contributed by atoms with Crippen LogP contribution in [0.15, 0.2) is 55.0 Å². The number of hydrogen-bond acceptors (Lipinski definition) is 8. The third-order valence-electron chi connectivity index (χ3n) is 3.00. The number of benzene rings is 1. The van der Waals surface area contributed by atoms with Gasteiger partial charge in [-0.25, -0.2) is 9.97 Å². The summed E-state index contributed by atoms with van der Waals surface area (Å²) in [6, 6.07) is 13.1. The van der Waals surface area contributed by atoms with Crippen LogP contribution in [0.2, 0.25) is 0 Å². The SMILES string of the molecule is Nc1nc(NCCOc2ccccc2)cc(Nc2ccncn2)n1. The summed E-state index contributed by atoms with van der Waals surface area (Å²) in [7, 11) is 0. The molecule has 122 valence electrons. The lowest BCUT2D eigenvalue weighted by Gasteiger charge is -2.10. The molecule has 0 radical (unpaired) electrons. The third-order valence-corrected chi connectivity index (χ3v) is 3.00. The Labute approximate surface area is 139 Å². The van der Waals surface area contributed by atoms with E-state index in [0.29, 0.717) is 30.6 Å². The van der Waals surface area contributed by atoms with Gasteiger partial charge in [-0.3, -0.25) is 0 Å². The van der Waals surface area contributed by atoms with Crippen LogP contribution in [0.1, 0.15) is 0 Å². The first kappa shape index (κ1) is 15.5. The van der Waals surface area contributed by atoms with Crippen LogP contribution >= 0.6 is 0 Å². The molecular formula is C16H17N7O. The third kappa shape index (κ3) is 4.54. The van der Waals surface area contributed by atoms with Crippen LogP contribution in [-0.4, -0.2) is 33.1 Å². The largest absolute Gasteiger partial charge is 0.492 e. The van der Waals surface area contributed by atoms with E-state index in [1.54, 1.807) is 18.3 Å². The van der Waals surface area contributed by atoms with E-state index in [2.05, 4.69) is 30.6 Å². The first-order valence-corrected chi connectivity index (χ1v) is 7.39. The van der Waals surface area contributed by atoms with Gasteiger partial charge in [-0.1, -0.05) is 18.2 Å². The summed E-state index contributed by atoms with van der Waals surface area (Å²) in [6.45, 7) is 1.08. The predicted molar refractivity (Wildman–Crippen MR) is 92.2 cm³/mol. The van der Waals surface area contributed by atoms with E-state index < -0.39 is 0 Å². The highest BCUT2D eigenvalue weighted by atomic mass is 16.5. The molecule has 0 atom stereocenters. The molecule has 4 N–H and O–H groups in total. The number of nitrogens with zero attached hydrogens (tertiary/aromatic N) is 4. The highest BCUT2D eigenvalue weighted by Crippen LogP contribution is 2.16. The molecule has 8 nitrogen and oxygen atoms in total. The Bertz CT molecular complexity index is 768. The fraction of sp³-hybridized carbons (Fsp3) is 0.125. The van der Waals surface area contributed by atoms with Crippen molar-refractivity contribution in [1.29, 1.82) is 0 Å². The van der Waals surface area contributed by atoms with Crippen LogP contribution in [0.5, 0.6) is 5.75 Å². The second-order valence-corrected chi connectivity index (χ2v) is 4.80. The maximum atomic E-state index is 5.74. The van der Waals surface area contributed by atoms with Crippen LogP contribution in [0.3, 0.4) is 0 Å². The summed E-state index contributed by atoms with van der Waals surface area (Å²) in [6.07, 6.45) is 3.09. The zero-order valence-electron chi connectivity index (χ0n) is 12.9. The Balaban J connectivity index is 1.55. The molecule has 0 aliphatic heterocycles. The molecule has 2 aromatic heterocycles. The zero-order chi connectivity index (χ0) is 16.6. The van der Waals surface area contributed by atoms with Crippen LogP contribution in [0.4, 0.5) is 23.4 Å².